The van der Waals surface area contributed by atoms with E-state index in [1.165, 1.54) is 22.3 Å². The molecule has 0 fully saturated rings. The molecule has 52 heavy (non-hydrogen) atoms. The Bertz CT molecular complexity index is 2060. The smallest absolute Gasteiger partial charge is 0.434 e. The van der Waals surface area contributed by atoms with E-state index in [2.05, 4.69) is 26.7 Å². The SMILES string of the molecule is CC(C)(C)N(CCNC(=O)c1cccc(-c2cc(-c3ccccc3O)nc(NC(=O)c3cccs3)c2C#N)c1)C(=NC(=O)O)N(C(=O)O)C(C)(C)C. The van der Waals surface area contributed by atoms with Crippen molar-refractivity contribution in [1.29, 1.82) is 5.26 Å². The molecule has 2 heterocycles. The molecule has 0 aliphatic heterocycles. The number of phenols is 1. The zero-order chi connectivity index (χ0) is 38.4. The van der Waals surface area contributed by atoms with Crippen molar-refractivity contribution in [2.24, 2.45) is 4.99 Å². The molecule has 0 radical (unpaired) electrons. The highest BCUT2D eigenvalue weighted by molar-refractivity contribution is 7.12. The molecule has 2 aromatic heterocycles. The highest BCUT2D eigenvalue weighted by Gasteiger charge is 2.38. The minimum Gasteiger partial charge on any atom is -0.507 e. The fourth-order valence-corrected chi connectivity index (χ4v) is 5.94. The van der Waals surface area contributed by atoms with Gasteiger partial charge in [0.05, 0.1) is 10.6 Å². The molecule has 5 N–H and O–H groups in total. The number of guanidine groups is 1. The van der Waals surface area contributed by atoms with Crippen molar-refractivity contribution in [3.05, 3.63) is 88.1 Å². The van der Waals surface area contributed by atoms with Gasteiger partial charge in [0.2, 0.25) is 5.96 Å². The summed E-state index contributed by atoms with van der Waals surface area (Å²) in [7, 11) is 0. The van der Waals surface area contributed by atoms with Gasteiger partial charge in [-0.1, -0.05) is 30.3 Å². The Balaban J connectivity index is 1.68. The van der Waals surface area contributed by atoms with Gasteiger partial charge in [0, 0.05) is 40.9 Å². The van der Waals surface area contributed by atoms with Crippen LogP contribution >= 0.6 is 11.3 Å². The summed E-state index contributed by atoms with van der Waals surface area (Å²) in [5.41, 5.74) is -0.181. The minimum atomic E-state index is -1.58. The predicted molar refractivity (Wildman–Crippen MR) is 198 cm³/mol. The maximum absolute atomic E-state index is 13.5. The number of nitriles is 1. The number of aromatic hydroxyl groups is 1. The number of nitrogens with one attached hydrogen (secondary N) is 2. The number of carboxylic acid groups (broad SMARTS) is 2. The lowest BCUT2D eigenvalue weighted by Crippen LogP contribution is -2.60. The van der Waals surface area contributed by atoms with Gasteiger partial charge in [0.15, 0.2) is 5.82 Å². The number of phenolic OH excluding ortho intramolecular Hbond substituents is 1. The molecule has 4 aromatic rings. The Morgan fingerprint density at radius 1 is 0.904 bits per heavy atom. The highest BCUT2D eigenvalue weighted by atomic mass is 32.1. The van der Waals surface area contributed by atoms with Crippen LogP contribution in [0.1, 0.15) is 67.1 Å². The Morgan fingerprint density at radius 2 is 1.62 bits per heavy atom. The van der Waals surface area contributed by atoms with Crippen molar-refractivity contribution in [3.8, 4) is 34.2 Å². The molecular weight excluding hydrogens is 687 g/mol. The van der Waals surface area contributed by atoms with Gasteiger partial charge in [-0.05, 0) is 88.9 Å². The Labute approximate surface area is 304 Å². The standard InChI is InChI=1S/C37H39N7O7S/c1-36(2,3)43(33(42-34(48)49)44(35(50)51)37(4,5)6)17-16-39-31(46)23-12-9-11-22(19-23)25-20-27(24-13-7-8-14-28(24)45)40-30(26(25)21-38)41-32(47)29-15-10-18-52-29/h7-15,18-20,45H,16-17H2,1-6H3,(H,39,46)(H,48,49)(H,50,51)(H,40,41,47). The molecule has 14 nitrogen and oxygen atoms in total. The quantitative estimate of drug-likeness (QED) is 0.0932. The molecule has 4 rings (SSSR count). The molecule has 15 heteroatoms. The molecule has 2 aromatic carbocycles. The average molecular weight is 726 g/mol. The summed E-state index contributed by atoms with van der Waals surface area (Å²) < 4.78 is 0. The zero-order valence-electron chi connectivity index (χ0n) is 29.5. The lowest BCUT2D eigenvalue weighted by molar-refractivity contribution is 0.0935. The largest absolute Gasteiger partial charge is 0.507 e. The van der Waals surface area contributed by atoms with Crippen molar-refractivity contribution in [1.82, 2.24) is 20.1 Å². The maximum Gasteiger partial charge on any atom is 0.434 e. The maximum atomic E-state index is 13.5. The van der Waals surface area contributed by atoms with Crippen LogP contribution in [0.15, 0.2) is 77.1 Å². The van der Waals surface area contributed by atoms with E-state index in [1.54, 1.807) is 108 Å². The first kappa shape index (κ1) is 38.5. The van der Waals surface area contributed by atoms with Gasteiger partial charge in [-0.3, -0.25) is 9.59 Å². The van der Waals surface area contributed by atoms with Gasteiger partial charge in [0.25, 0.3) is 11.8 Å². The first-order valence-electron chi connectivity index (χ1n) is 16.0. The van der Waals surface area contributed by atoms with Crippen LogP contribution in [0, 0.1) is 11.3 Å². The molecule has 270 valence electrons. The van der Waals surface area contributed by atoms with Crippen LogP contribution in [0.4, 0.5) is 15.4 Å². The molecule has 4 amide bonds. The zero-order valence-corrected chi connectivity index (χ0v) is 30.3. The van der Waals surface area contributed by atoms with Crippen LogP contribution in [-0.2, 0) is 0 Å². The molecule has 0 aliphatic carbocycles. The second-order valence-corrected chi connectivity index (χ2v) is 14.4. The van der Waals surface area contributed by atoms with Crippen LogP contribution in [0.3, 0.4) is 0 Å². The number of pyridine rings is 1. The van der Waals surface area contributed by atoms with Crippen molar-refractivity contribution in [2.45, 2.75) is 52.6 Å². The number of thiophene rings is 1. The van der Waals surface area contributed by atoms with Crippen LogP contribution in [0.25, 0.3) is 22.4 Å². The summed E-state index contributed by atoms with van der Waals surface area (Å²) in [6.07, 6.45) is -2.97. The van der Waals surface area contributed by atoms with E-state index in [0.717, 1.165) is 4.90 Å². The van der Waals surface area contributed by atoms with Gasteiger partial charge in [-0.2, -0.15) is 5.26 Å². The molecule has 0 saturated carbocycles. The highest BCUT2D eigenvalue weighted by Crippen LogP contribution is 2.36. The van der Waals surface area contributed by atoms with Gasteiger partial charge < -0.3 is 30.9 Å². The van der Waals surface area contributed by atoms with Crippen molar-refractivity contribution < 1.29 is 34.5 Å². The van der Waals surface area contributed by atoms with Gasteiger partial charge in [0.1, 0.15) is 17.4 Å². The number of aromatic nitrogens is 1. The third-order valence-electron chi connectivity index (χ3n) is 7.65. The molecular formula is C37H39N7O7S. The summed E-state index contributed by atoms with van der Waals surface area (Å²) in [6.45, 7) is 10.1. The van der Waals surface area contributed by atoms with E-state index < -0.39 is 35.1 Å². The third kappa shape index (κ3) is 9.09. The summed E-state index contributed by atoms with van der Waals surface area (Å²) in [4.78, 5) is 61.6. The van der Waals surface area contributed by atoms with Crippen molar-refractivity contribution in [2.75, 3.05) is 18.4 Å². The van der Waals surface area contributed by atoms with E-state index in [1.807, 2.05) is 0 Å². The van der Waals surface area contributed by atoms with Crippen molar-refractivity contribution in [3.63, 3.8) is 0 Å². The first-order valence-corrected chi connectivity index (χ1v) is 16.9. The number of carbonyl (C=O) groups excluding carboxylic acids is 2. The molecule has 0 unspecified atom stereocenters. The Morgan fingerprint density at radius 3 is 2.19 bits per heavy atom. The van der Waals surface area contributed by atoms with Crippen LogP contribution in [0.2, 0.25) is 0 Å². The van der Waals surface area contributed by atoms with Crippen LogP contribution < -0.4 is 10.6 Å². The van der Waals surface area contributed by atoms with Crippen LogP contribution in [-0.4, -0.2) is 84.2 Å². The van der Waals surface area contributed by atoms with E-state index in [9.17, 15) is 39.8 Å². The first-order chi connectivity index (χ1) is 24.4. The number of aliphatic imine (C=N–C) groups is 1. The van der Waals surface area contributed by atoms with E-state index in [-0.39, 0.29) is 47.4 Å². The normalized spacial score (nSPS) is 11.7. The number of amides is 4. The number of anilines is 1. The van der Waals surface area contributed by atoms with Gasteiger partial charge in [-0.25, -0.2) is 19.5 Å². The molecule has 0 atom stereocenters. The summed E-state index contributed by atoms with van der Waals surface area (Å²) in [5, 5.41) is 47.8. The minimum absolute atomic E-state index is 0.00106. The number of rotatable bonds is 8. The topological polar surface area (TPSA) is 209 Å². The molecule has 0 spiro atoms. The van der Waals surface area contributed by atoms with Crippen LogP contribution in [0.5, 0.6) is 5.75 Å². The average Bonchev–Trinajstić information content (AvgIpc) is 3.60. The molecule has 0 bridgehead atoms. The molecule has 0 aliphatic rings. The summed E-state index contributed by atoms with van der Waals surface area (Å²) >= 11 is 1.22. The number of benzene rings is 2. The second-order valence-electron chi connectivity index (χ2n) is 13.5. The number of para-hydroxylation sites is 1. The molecule has 0 saturated heterocycles. The fraction of sp³-hybridized carbons (Fsp3) is 0.270. The number of hydrogen-bond acceptors (Lipinski definition) is 8. The van der Waals surface area contributed by atoms with E-state index >= 15 is 0 Å². The number of carbonyl (C=O) groups is 4. The van der Waals surface area contributed by atoms with Crippen molar-refractivity contribution >= 4 is 47.1 Å². The van der Waals surface area contributed by atoms with Gasteiger partial charge >= 0.3 is 12.2 Å². The Hall–Kier alpha value is -6.27. The lowest BCUT2D eigenvalue weighted by atomic mass is 9.96. The lowest BCUT2D eigenvalue weighted by Gasteiger charge is -2.44. The number of hydrogen-bond donors (Lipinski definition) is 5. The second kappa shape index (κ2) is 15.7. The van der Waals surface area contributed by atoms with E-state index in [4.69, 9.17) is 0 Å². The predicted octanol–water partition coefficient (Wildman–Crippen LogP) is 6.95. The number of nitrogens with zero attached hydrogens (tertiary/aromatic N) is 5. The van der Waals surface area contributed by atoms with Gasteiger partial charge in [-0.15, -0.1) is 16.3 Å². The summed E-state index contributed by atoms with van der Waals surface area (Å²) in [6, 6.07) is 20.0. The fourth-order valence-electron chi connectivity index (χ4n) is 5.32. The monoisotopic (exact) mass is 725 g/mol. The Kier molecular flexibility index (Phi) is 11.7. The third-order valence-corrected chi connectivity index (χ3v) is 8.52. The summed E-state index contributed by atoms with van der Waals surface area (Å²) in [5.74, 6) is -1.37. The van der Waals surface area contributed by atoms with E-state index in [0.29, 0.717) is 21.6 Å².